The molecular formula is C24H30N2O5. The Labute approximate surface area is 183 Å². The molecule has 7 nitrogen and oxygen atoms in total. The molecule has 0 heterocycles. The Hall–Kier alpha value is -3.48. The van der Waals surface area contributed by atoms with Gasteiger partial charge in [0.2, 0.25) is 0 Å². The van der Waals surface area contributed by atoms with Gasteiger partial charge in [0.1, 0.15) is 5.75 Å². The van der Waals surface area contributed by atoms with Crippen LogP contribution in [0, 0.1) is 13.8 Å². The highest BCUT2D eigenvalue weighted by molar-refractivity contribution is 5.93. The Kier molecular flexibility index (Phi) is 8.94. The number of carbonyl (C=O) groups excluding carboxylic acids is 2. The van der Waals surface area contributed by atoms with Gasteiger partial charge in [-0.1, -0.05) is 25.1 Å². The van der Waals surface area contributed by atoms with Crippen molar-refractivity contribution in [3.63, 3.8) is 0 Å². The quantitative estimate of drug-likeness (QED) is 0.471. The SMILES string of the molecule is CCCOc1ccc(/C=C/C(=O)NNC(=O)C(C)Oc2cccc(C)c2C)cc1OC. The Morgan fingerprint density at radius 3 is 2.55 bits per heavy atom. The van der Waals surface area contributed by atoms with Gasteiger partial charge < -0.3 is 14.2 Å². The molecule has 31 heavy (non-hydrogen) atoms. The van der Waals surface area contributed by atoms with Gasteiger partial charge in [0.15, 0.2) is 17.6 Å². The number of amides is 2. The molecule has 0 aliphatic heterocycles. The lowest BCUT2D eigenvalue weighted by molar-refractivity contribution is -0.131. The van der Waals surface area contributed by atoms with Crippen LogP contribution in [0.2, 0.25) is 0 Å². The second-order valence-electron chi connectivity index (χ2n) is 7.03. The molecular weight excluding hydrogens is 396 g/mol. The van der Waals surface area contributed by atoms with E-state index in [-0.39, 0.29) is 0 Å². The molecule has 0 fully saturated rings. The van der Waals surface area contributed by atoms with E-state index in [0.29, 0.717) is 23.9 Å². The molecule has 2 aromatic carbocycles. The van der Waals surface area contributed by atoms with Gasteiger partial charge in [-0.25, -0.2) is 0 Å². The Morgan fingerprint density at radius 2 is 1.84 bits per heavy atom. The number of nitrogens with one attached hydrogen (secondary N) is 2. The van der Waals surface area contributed by atoms with Crippen molar-refractivity contribution in [3.05, 3.63) is 59.2 Å². The van der Waals surface area contributed by atoms with Gasteiger partial charge in [0.25, 0.3) is 11.8 Å². The van der Waals surface area contributed by atoms with Crippen LogP contribution in [-0.2, 0) is 9.59 Å². The highest BCUT2D eigenvalue weighted by atomic mass is 16.5. The predicted molar refractivity (Wildman–Crippen MR) is 120 cm³/mol. The zero-order valence-electron chi connectivity index (χ0n) is 18.7. The number of hydrogen-bond donors (Lipinski definition) is 2. The van der Waals surface area contributed by atoms with Crippen molar-refractivity contribution in [2.45, 2.75) is 40.2 Å². The summed E-state index contributed by atoms with van der Waals surface area (Å²) in [6.07, 6.45) is 3.05. The van der Waals surface area contributed by atoms with Crippen LogP contribution in [0.5, 0.6) is 17.2 Å². The van der Waals surface area contributed by atoms with E-state index < -0.39 is 17.9 Å². The molecule has 0 aromatic heterocycles. The van der Waals surface area contributed by atoms with E-state index >= 15 is 0 Å². The van der Waals surface area contributed by atoms with Crippen molar-refractivity contribution in [1.29, 1.82) is 0 Å². The second-order valence-corrected chi connectivity index (χ2v) is 7.03. The third-order valence-corrected chi connectivity index (χ3v) is 4.61. The molecule has 166 valence electrons. The van der Waals surface area contributed by atoms with Crippen molar-refractivity contribution in [3.8, 4) is 17.2 Å². The summed E-state index contributed by atoms with van der Waals surface area (Å²) in [7, 11) is 1.56. The Balaban J connectivity index is 1.88. The van der Waals surface area contributed by atoms with E-state index in [4.69, 9.17) is 14.2 Å². The molecule has 1 unspecified atom stereocenters. The molecule has 2 aromatic rings. The molecule has 0 aliphatic rings. The molecule has 0 radical (unpaired) electrons. The van der Waals surface area contributed by atoms with E-state index in [0.717, 1.165) is 23.1 Å². The summed E-state index contributed by atoms with van der Waals surface area (Å²) in [4.78, 5) is 24.3. The van der Waals surface area contributed by atoms with Gasteiger partial charge in [-0.3, -0.25) is 20.4 Å². The van der Waals surface area contributed by atoms with Crippen molar-refractivity contribution < 1.29 is 23.8 Å². The Morgan fingerprint density at radius 1 is 1.06 bits per heavy atom. The molecule has 0 aliphatic carbocycles. The van der Waals surface area contributed by atoms with Gasteiger partial charge >= 0.3 is 0 Å². The monoisotopic (exact) mass is 426 g/mol. The number of benzene rings is 2. The number of hydrogen-bond acceptors (Lipinski definition) is 5. The maximum absolute atomic E-state index is 12.2. The summed E-state index contributed by atoms with van der Waals surface area (Å²) in [5, 5.41) is 0. The van der Waals surface area contributed by atoms with Crippen LogP contribution >= 0.6 is 0 Å². The highest BCUT2D eigenvalue weighted by Crippen LogP contribution is 2.28. The number of methoxy groups -OCH3 is 1. The fourth-order valence-corrected chi connectivity index (χ4v) is 2.65. The van der Waals surface area contributed by atoms with Gasteiger partial charge in [0, 0.05) is 6.08 Å². The van der Waals surface area contributed by atoms with Crippen LogP contribution in [0.4, 0.5) is 0 Å². The molecule has 7 heteroatoms. The van der Waals surface area contributed by atoms with E-state index in [2.05, 4.69) is 10.9 Å². The summed E-state index contributed by atoms with van der Waals surface area (Å²) < 4.78 is 16.6. The van der Waals surface area contributed by atoms with E-state index in [1.807, 2.05) is 39.0 Å². The summed E-state index contributed by atoms with van der Waals surface area (Å²) in [5.74, 6) is 0.936. The van der Waals surface area contributed by atoms with Gasteiger partial charge in [-0.05, 0) is 68.2 Å². The first-order chi connectivity index (χ1) is 14.8. The predicted octanol–water partition coefficient (Wildman–Crippen LogP) is 3.73. The minimum Gasteiger partial charge on any atom is -0.493 e. The Bertz CT molecular complexity index is 940. The first-order valence-corrected chi connectivity index (χ1v) is 10.2. The van der Waals surface area contributed by atoms with E-state index in [1.165, 1.54) is 6.08 Å². The molecule has 2 rings (SSSR count). The zero-order valence-corrected chi connectivity index (χ0v) is 18.7. The molecule has 1 atom stereocenters. The minimum atomic E-state index is -0.773. The number of carbonyl (C=O) groups is 2. The van der Waals surface area contributed by atoms with Crippen LogP contribution in [0.3, 0.4) is 0 Å². The average Bonchev–Trinajstić information content (AvgIpc) is 2.77. The third-order valence-electron chi connectivity index (χ3n) is 4.61. The molecule has 0 saturated carbocycles. The fraction of sp³-hybridized carbons (Fsp3) is 0.333. The first kappa shape index (κ1) is 23.8. The molecule has 2 amide bonds. The molecule has 0 bridgehead atoms. The zero-order chi connectivity index (χ0) is 22.8. The highest BCUT2D eigenvalue weighted by Gasteiger charge is 2.16. The van der Waals surface area contributed by atoms with Crippen molar-refractivity contribution in [2.75, 3.05) is 13.7 Å². The normalized spacial score (nSPS) is 11.6. The van der Waals surface area contributed by atoms with E-state index in [1.54, 1.807) is 38.3 Å². The molecule has 0 saturated heterocycles. The van der Waals surface area contributed by atoms with Crippen molar-refractivity contribution in [2.24, 2.45) is 0 Å². The summed E-state index contributed by atoms with van der Waals surface area (Å²) in [6, 6.07) is 11.0. The lowest BCUT2D eigenvalue weighted by atomic mass is 10.1. The largest absolute Gasteiger partial charge is 0.493 e. The van der Waals surface area contributed by atoms with Crippen LogP contribution in [-0.4, -0.2) is 31.6 Å². The minimum absolute atomic E-state index is 0.457. The van der Waals surface area contributed by atoms with Gasteiger partial charge in [0.05, 0.1) is 13.7 Å². The average molecular weight is 427 g/mol. The summed E-state index contributed by atoms with van der Waals surface area (Å²) >= 11 is 0. The molecule has 0 spiro atoms. The lowest BCUT2D eigenvalue weighted by Gasteiger charge is -2.17. The first-order valence-electron chi connectivity index (χ1n) is 10.2. The number of rotatable bonds is 9. The topological polar surface area (TPSA) is 85.9 Å². The summed E-state index contributed by atoms with van der Waals surface area (Å²) in [5.41, 5.74) is 7.52. The molecule has 2 N–H and O–H groups in total. The van der Waals surface area contributed by atoms with Crippen LogP contribution < -0.4 is 25.1 Å². The van der Waals surface area contributed by atoms with Crippen molar-refractivity contribution in [1.82, 2.24) is 10.9 Å². The van der Waals surface area contributed by atoms with Crippen LogP contribution in [0.15, 0.2) is 42.5 Å². The fourth-order valence-electron chi connectivity index (χ4n) is 2.65. The number of aryl methyl sites for hydroxylation is 1. The van der Waals surface area contributed by atoms with Crippen LogP contribution in [0.25, 0.3) is 6.08 Å². The number of hydrazine groups is 1. The maximum Gasteiger partial charge on any atom is 0.279 e. The van der Waals surface area contributed by atoms with Gasteiger partial charge in [-0.15, -0.1) is 0 Å². The van der Waals surface area contributed by atoms with Crippen LogP contribution in [0.1, 0.15) is 37.0 Å². The standard InChI is InChI=1S/C24H30N2O5/c1-6-14-30-21-12-10-19(15-22(21)29-5)11-13-23(27)25-26-24(28)18(4)31-20-9-7-8-16(2)17(20)3/h7-13,15,18H,6,14H2,1-5H3,(H,25,27)(H,26,28)/b13-11+. The van der Waals surface area contributed by atoms with Crippen molar-refractivity contribution >= 4 is 17.9 Å². The van der Waals surface area contributed by atoms with E-state index in [9.17, 15) is 9.59 Å². The third kappa shape index (κ3) is 7.06. The van der Waals surface area contributed by atoms with Gasteiger partial charge in [-0.2, -0.15) is 0 Å². The summed E-state index contributed by atoms with van der Waals surface area (Å²) in [6.45, 7) is 8.14. The number of ether oxygens (including phenoxy) is 3. The second kappa shape index (κ2) is 11.6. The smallest absolute Gasteiger partial charge is 0.279 e. The maximum atomic E-state index is 12.2. The lowest BCUT2D eigenvalue weighted by Crippen LogP contribution is -2.46.